The molecule has 4 heteroatoms. The van der Waals surface area contributed by atoms with Gasteiger partial charge in [-0.15, -0.1) is 0 Å². The minimum Gasteiger partial charge on any atom is -0.494 e. The Morgan fingerprint density at radius 3 is 3.18 bits per heavy atom. The molecule has 0 saturated carbocycles. The molecule has 1 aliphatic heterocycles. The van der Waals surface area contributed by atoms with Gasteiger partial charge in [0.25, 0.3) is 0 Å². The van der Waals surface area contributed by atoms with Gasteiger partial charge >= 0.3 is 0 Å². The molecule has 94 valence electrons. The Bertz CT molecular complexity index is 350. The summed E-state index contributed by atoms with van der Waals surface area (Å²) in [5, 5.41) is 10.2. The summed E-state index contributed by atoms with van der Waals surface area (Å²) in [5.41, 5.74) is 0.864. The number of aliphatic hydroxyl groups is 1. The lowest BCUT2D eigenvalue weighted by Gasteiger charge is -2.27. The Balaban J connectivity index is 2.06. The molecule has 1 aromatic rings. The second-order valence-corrected chi connectivity index (χ2v) is 5.08. The van der Waals surface area contributed by atoms with Crippen molar-refractivity contribution in [2.24, 2.45) is 0 Å². The quantitative estimate of drug-likeness (QED) is 0.894. The monoisotopic (exact) mass is 254 g/mol. The minimum atomic E-state index is -0.566. The van der Waals surface area contributed by atoms with Crippen LogP contribution in [0.15, 0.2) is 24.3 Å². The summed E-state index contributed by atoms with van der Waals surface area (Å²) in [7, 11) is 0. The van der Waals surface area contributed by atoms with Crippen LogP contribution < -0.4 is 4.74 Å². The van der Waals surface area contributed by atoms with E-state index in [4.69, 9.17) is 9.47 Å². The summed E-state index contributed by atoms with van der Waals surface area (Å²) in [5.74, 6) is 2.66. The van der Waals surface area contributed by atoms with E-state index in [1.807, 2.05) is 43.0 Å². The number of rotatable bonds is 4. The van der Waals surface area contributed by atoms with Gasteiger partial charge in [-0.3, -0.25) is 0 Å². The maximum atomic E-state index is 10.2. The van der Waals surface area contributed by atoms with E-state index in [-0.39, 0.29) is 6.10 Å². The molecule has 0 aromatic heterocycles. The lowest BCUT2D eigenvalue weighted by Crippen LogP contribution is -2.29. The number of ether oxygens (including phenoxy) is 2. The molecule has 2 rings (SSSR count). The zero-order chi connectivity index (χ0) is 12.1. The third-order valence-corrected chi connectivity index (χ3v) is 3.72. The molecular formula is C13H18O3S. The van der Waals surface area contributed by atoms with Crippen molar-refractivity contribution in [2.45, 2.75) is 19.1 Å². The van der Waals surface area contributed by atoms with E-state index in [1.165, 1.54) is 0 Å². The van der Waals surface area contributed by atoms with Crippen LogP contribution in [0.4, 0.5) is 0 Å². The molecule has 0 radical (unpaired) electrons. The Morgan fingerprint density at radius 1 is 1.59 bits per heavy atom. The largest absolute Gasteiger partial charge is 0.494 e. The zero-order valence-corrected chi connectivity index (χ0v) is 10.8. The average Bonchev–Trinajstić information content (AvgIpc) is 2.40. The summed E-state index contributed by atoms with van der Waals surface area (Å²) >= 11 is 1.82. The van der Waals surface area contributed by atoms with E-state index >= 15 is 0 Å². The Hall–Kier alpha value is -0.710. The van der Waals surface area contributed by atoms with E-state index < -0.39 is 6.10 Å². The first-order valence-electron chi connectivity index (χ1n) is 5.91. The molecule has 17 heavy (non-hydrogen) atoms. The molecule has 3 nitrogen and oxygen atoms in total. The van der Waals surface area contributed by atoms with Crippen molar-refractivity contribution in [3.63, 3.8) is 0 Å². The highest BCUT2D eigenvalue weighted by Crippen LogP contribution is 2.27. The van der Waals surface area contributed by atoms with Crippen molar-refractivity contribution in [3.05, 3.63) is 29.8 Å². The van der Waals surface area contributed by atoms with Crippen molar-refractivity contribution in [1.82, 2.24) is 0 Å². The maximum absolute atomic E-state index is 10.2. The lowest BCUT2D eigenvalue weighted by atomic mass is 10.1. The number of hydrogen-bond acceptors (Lipinski definition) is 4. The molecule has 1 heterocycles. The predicted molar refractivity (Wildman–Crippen MR) is 69.6 cm³/mol. The highest BCUT2D eigenvalue weighted by Gasteiger charge is 2.24. The molecule has 1 fully saturated rings. The molecule has 1 N–H and O–H groups in total. The van der Waals surface area contributed by atoms with E-state index in [0.29, 0.717) is 6.61 Å². The first-order valence-corrected chi connectivity index (χ1v) is 7.07. The van der Waals surface area contributed by atoms with Crippen LogP contribution in [-0.4, -0.2) is 35.9 Å². The van der Waals surface area contributed by atoms with Gasteiger partial charge in [-0.25, -0.2) is 0 Å². The van der Waals surface area contributed by atoms with Crippen LogP contribution in [0.5, 0.6) is 5.75 Å². The summed E-state index contributed by atoms with van der Waals surface area (Å²) in [6.45, 7) is 3.30. The maximum Gasteiger partial charge on any atom is 0.119 e. The molecule has 0 spiro atoms. The first-order chi connectivity index (χ1) is 8.31. The molecule has 2 atom stereocenters. The van der Waals surface area contributed by atoms with E-state index in [9.17, 15) is 5.11 Å². The summed E-state index contributed by atoms with van der Waals surface area (Å²) in [6.07, 6.45) is -0.672. The first kappa shape index (κ1) is 12.7. The van der Waals surface area contributed by atoms with E-state index in [1.54, 1.807) is 0 Å². The summed E-state index contributed by atoms with van der Waals surface area (Å²) in [6, 6.07) is 7.60. The van der Waals surface area contributed by atoms with Crippen LogP contribution in [0.25, 0.3) is 0 Å². The van der Waals surface area contributed by atoms with E-state index in [2.05, 4.69) is 0 Å². The number of thioether (sulfide) groups is 1. The third kappa shape index (κ3) is 3.37. The van der Waals surface area contributed by atoms with Crippen molar-refractivity contribution in [1.29, 1.82) is 0 Å². The summed E-state index contributed by atoms with van der Waals surface area (Å²) < 4.78 is 11.0. The van der Waals surface area contributed by atoms with Gasteiger partial charge < -0.3 is 14.6 Å². The number of benzene rings is 1. The van der Waals surface area contributed by atoms with Crippen molar-refractivity contribution >= 4 is 11.8 Å². The van der Waals surface area contributed by atoms with Gasteiger partial charge in [-0.2, -0.15) is 11.8 Å². The van der Waals surface area contributed by atoms with Gasteiger partial charge in [0.05, 0.1) is 19.3 Å². The smallest absolute Gasteiger partial charge is 0.119 e. The van der Waals surface area contributed by atoms with E-state index in [0.717, 1.165) is 29.4 Å². The lowest BCUT2D eigenvalue weighted by molar-refractivity contribution is -0.0228. The van der Waals surface area contributed by atoms with Crippen LogP contribution in [0, 0.1) is 0 Å². The average molecular weight is 254 g/mol. The van der Waals surface area contributed by atoms with Crippen LogP contribution >= 0.6 is 11.8 Å². The minimum absolute atomic E-state index is 0.106. The van der Waals surface area contributed by atoms with Crippen LogP contribution in [0.3, 0.4) is 0 Å². The van der Waals surface area contributed by atoms with Crippen molar-refractivity contribution < 1.29 is 14.6 Å². The van der Waals surface area contributed by atoms with Crippen LogP contribution in [0.2, 0.25) is 0 Å². The highest BCUT2D eigenvalue weighted by atomic mass is 32.2. The van der Waals surface area contributed by atoms with Crippen molar-refractivity contribution in [2.75, 3.05) is 24.7 Å². The van der Waals surface area contributed by atoms with Gasteiger partial charge in [-0.1, -0.05) is 12.1 Å². The molecule has 2 unspecified atom stereocenters. The zero-order valence-electron chi connectivity index (χ0n) is 9.96. The topological polar surface area (TPSA) is 38.7 Å². The second-order valence-electron chi connectivity index (χ2n) is 3.93. The van der Waals surface area contributed by atoms with Crippen LogP contribution in [-0.2, 0) is 4.74 Å². The predicted octanol–water partition coefficient (Wildman–Crippen LogP) is 2.25. The Kier molecular flexibility index (Phi) is 4.71. The van der Waals surface area contributed by atoms with Gasteiger partial charge in [0, 0.05) is 11.5 Å². The molecular weight excluding hydrogens is 236 g/mol. The normalized spacial score (nSPS) is 22.1. The molecule has 0 amide bonds. The Labute approximate surface area is 106 Å². The molecule has 0 aliphatic carbocycles. The third-order valence-electron chi connectivity index (χ3n) is 2.70. The fraction of sp³-hybridized carbons (Fsp3) is 0.538. The SMILES string of the molecule is CCOc1cccc(C(O)C2CSCCO2)c1. The number of hydrogen-bond donors (Lipinski definition) is 1. The highest BCUT2D eigenvalue weighted by molar-refractivity contribution is 7.99. The van der Waals surface area contributed by atoms with Crippen LogP contribution in [0.1, 0.15) is 18.6 Å². The van der Waals surface area contributed by atoms with Gasteiger partial charge in [0.1, 0.15) is 11.9 Å². The summed E-state index contributed by atoms with van der Waals surface area (Å²) in [4.78, 5) is 0. The number of aliphatic hydroxyl groups excluding tert-OH is 1. The van der Waals surface area contributed by atoms with Crippen molar-refractivity contribution in [3.8, 4) is 5.75 Å². The van der Waals surface area contributed by atoms with Gasteiger partial charge in [0.2, 0.25) is 0 Å². The standard InChI is InChI=1S/C13H18O3S/c1-2-15-11-5-3-4-10(8-11)13(14)12-9-17-7-6-16-12/h3-5,8,12-14H,2,6-7,9H2,1H3. The molecule has 1 saturated heterocycles. The molecule has 1 aromatic carbocycles. The molecule has 1 aliphatic rings. The Morgan fingerprint density at radius 2 is 2.47 bits per heavy atom. The molecule has 0 bridgehead atoms. The fourth-order valence-corrected chi connectivity index (χ4v) is 2.75. The second kappa shape index (κ2) is 6.28. The fourth-order valence-electron chi connectivity index (χ4n) is 1.86. The van der Waals surface area contributed by atoms with Gasteiger partial charge in [-0.05, 0) is 24.6 Å². The van der Waals surface area contributed by atoms with Gasteiger partial charge in [0.15, 0.2) is 0 Å².